The average Bonchev–Trinajstić information content (AvgIpc) is 2.01. The summed E-state index contributed by atoms with van der Waals surface area (Å²) in [6.45, 7) is 2.05. The zero-order valence-electron chi connectivity index (χ0n) is 7.13. The number of rotatable bonds is 5. The van der Waals surface area contributed by atoms with Crippen molar-refractivity contribution in [2.75, 3.05) is 6.54 Å². The fourth-order valence-electron chi connectivity index (χ4n) is 0.619. The number of unbranched alkanes of at least 4 members (excludes halogenated alkanes) is 1. The molecule has 0 saturated carbocycles. The summed E-state index contributed by atoms with van der Waals surface area (Å²) in [7, 11) is 0. The van der Waals surface area contributed by atoms with Crippen LogP contribution in [-0.4, -0.2) is 16.8 Å². The van der Waals surface area contributed by atoms with E-state index in [1.165, 1.54) is 0 Å². The van der Waals surface area contributed by atoms with Crippen LogP contribution in [0.1, 0.15) is 26.2 Å². The van der Waals surface area contributed by atoms with Crippen molar-refractivity contribution in [3.8, 4) is 0 Å². The van der Waals surface area contributed by atoms with Gasteiger partial charge in [-0.05, 0) is 18.2 Å². The second-order valence-corrected chi connectivity index (χ2v) is 3.45. The van der Waals surface area contributed by atoms with Crippen molar-refractivity contribution in [2.24, 2.45) is 5.84 Å². The number of nitrogens with one attached hydrogen (secondary N) is 1. The number of nitrogens with two attached hydrogens (primary N) is 1. The van der Waals surface area contributed by atoms with E-state index < -0.39 is 0 Å². The molecule has 0 aliphatic heterocycles. The molecular weight excluding hydrogens is 176 g/mol. The second kappa shape index (κ2) is 7.27. The molecule has 5 heteroatoms. The molecule has 0 atom stereocenters. The van der Waals surface area contributed by atoms with Crippen LogP contribution in [0.5, 0.6) is 0 Å². The van der Waals surface area contributed by atoms with E-state index in [-0.39, 0.29) is 16.8 Å². The number of thioether (sulfide) groups is 1. The zero-order valence-corrected chi connectivity index (χ0v) is 7.95. The van der Waals surface area contributed by atoms with E-state index in [9.17, 15) is 9.59 Å². The molecule has 0 radical (unpaired) electrons. The molecule has 0 saturated heterocycles. The highest BCUT2D eigenvalue weighted by atomic mass is 32.2. The molecule has 0 fully saturated rings. The van der Waals surface area contributed by atoms with Crippen LogP contribution in [0.15, 0.2) is 0 Å². The van der Waals surface area contributed by atoms with Crippen molar-refractivity contribution in [1.29, 1.82) is 0 Å². The van der Waals surface area contributed by atoms with Crippen molar-refractivity contribution < 1.29 is 9.59 Å². The molecule has 0 aromatic carbocycles. The first kappa shape index (κ1) is 11.6. The second-order valence-electron chi connectivity index (χ2n) is 2.33. The molecule has 0 aliphatic rings. The first-order valence-corrected chi connectivity index (χ1v) is 4.69. The van der Waals surface area contributed by atoms with Gasteiger partial charge in [0.25, 0.3) is 0 Å². The Labute approximate surface area is 76.2 Å². The van der Waals surface area contributed by atoms with Crippen LogP contribution in [-0.2, 0) is 9.59 Å². The lowest BCUT2D eigenvalue weighted by atomic mass is 10.3. The van der Waals surface area contributed by atoms with Gasteiger partial charge in [-0.2, -0.15) is 0 Å². The van der Waals surface area contributed by atoms with Crippen LogP contribution < -0.4 is 11.3 Å². The summed E-state index contributed by atoms with van der Waals surface area (Å²) < 4.78 is 0. The molecule has 0 aromatic heterocycles. The topological polar surface area (TPSA) is 72.2 Å². The quantitative estimate of drug-likeness (QED) is 0.486. The van der Waals surface area contributed by atoms with Crippen LogP contribution in [0.2, 0.25) is 0 Å². The molecule has 0 spiro atoms. The van der Waals surface area contributed by atoms with E-state index in [0.717, 1.165) is 24.6 Å². The Hall–Kier alpha value is -0.390. The normalized spacial score (nSPS) is 9.83. The highest BCUT2D eigenvalue weighted by molar-refractivity contribution is 8.26. The van der Waals surface area contributed by atoms with Crippen LogP contribution >= 0.6 is 11.8 Å². The molecule has 3 N–H and O–H groups in total. The molecule has 0 aromatic rings. The van der Waals surface area contributed by atoms with Crippen LogP contribution in [0.25, 0.3) is 0 Å². The minimum Gasteiger partial charge on any atom is -0.287 e. The molecular formula is C7H14N2O2S. The van der Waals surface area contributed by atoms with Gasteiger partial charge in [-0.1, -0.05) is 13.3 Å². The lowest BCUT2D eigenvalue weighted by Gasteiger charge is -1.97. The van der Waals surface area contributed by atoms with Gasteiger partial charge in [-0.15, -0.1) is 0 Å². The van der Waals surface area contributed by atoms with E-state index in [2.05, 4.69) is 5.43 Å². The van der Waals surface area contributed by atoms with Crippen LogP contribution in [0.4, 0.5) is 0 Å². The summed E-state index contributed by atoms with van der Waals surface area (Å²) in [5.41, 5.74) is 2.21. The Morgan fingerprint density at radius 3 is 2.58 bits per heavy atom. The molecule has 70 valence electrons. The first-order valence-electron chi connectivity index (χ1n) is 3.87. The van der Waals surface area contributed by atoms with Gasteiger partial charge in [0.1, 0.15) is 0 Å². The van der Waals surface area contributed by atoms with Crippen LogP contribution in [0.3, 0.4) is 0 Å². The smallest absolute Gasteiger partial charge is 0.211 e. The fraction of sp³-hybridized carbons (Fsp3) is 0.714. The summed E-state index contributed by atoms with van der Waals surface area (Å²) >= 11 is 0.744. The molecule has 0 heterocycles. The molecule has 0 rings (SSSR count). The number of carbonyl (C=O) groups excluding carboxylic acids is 2. The van der Waals surface area contributed by atoms with Gasteiger partial charge in [-0.3, -0.25) is 20.9 Å². The minimum absolute atomic E-state index is 0.0442. The van der Waals surface area contributed by atoms with Gasteiger partial charge in [0.05, 0.1) is 6.54 Å². The SMILES string of the molecule is CCCCC(=O)SC(=O)CNN. The number of carbonyl (C=O) groups is 2. The maximum Gasteiger partial charge on any atom is 0.211 e. The van der Waals surface area contributed by atoms with Gasteiger partial charge in [0.15, 0.2) is 5.12 Å². The summed E-state index contributed by atoms with van der Waals surface area (Å²) in [5, 5.41) is -0.296. The van der Waals surface area contributed by atoms with Gasteiger partial charge in [0, 0.05) is 6.42 Å². The van der Waals surface area contributed by atoms with Crippen molar-refractivity contribution >= 4 is 22.0 Å². The van der Waals surface area contributed by atoms with Crippen LogP contribution in [0, 0.1) is 0 Å². The molecule has 0 bridgehead atoms. The lowest BCUT2D eigenvalue weighted by Crippen LogP contribution is -2.28. The molecule has 0 unspecified atom stereocenters. The lowest BCUT2D eigenvalue weighted by molar-refractivity contribution is -0.112. The number of hydrogen-bond acceptors (Lipinski definition) is 5. The van der Waals surface area contributed by atoms with E-state index in [1.54, 1.807) is 0 Å². The Morgan fingerprint density at radius 2 is 2.08 bits per heavy atom. The van der Waals surface area contributed by atoms with Gasteiger partial charge in [-0.25, -0.2) is 0 Å². The van der Waals surface area contributed by atoms with Crippen molar-refractivity contribution in [3.05, 3.63) is 0 Å². The monoisotopic (exact) mass is 190 g/mol. The summed E-state index contributed by atoms with van der Waals surface area (Å²) in [5.74, 6) is 4.91. The highest BCUT2D eigenvalue weighted by Crippen LogP contribution is 2.08. The predicted octanol–water partition coefficient (Wildman–Crippen LogP) is 0.426. The van der Waals surface area contributed by atoms with Crippen molar-refractivity contribution in [3.63, 3.8) is 0 Å². The summed E-state index contributed by atoms with van der Waals surface area (Å²) in [6.07, 6.45) is 2.28. The largest absolute Gasteiger partial charge is 0.287 e. The van der Waals surface area contributed by atoms with E-state index in [1.807, 2.05) is 6.92 Å². The zero-order chi connectivity index (χ0) is 9.40. The van der Waals surface area contributed by atoms with E-state index >= 15 is 0 Å². The molecule has 0 aliphatic carbocycles. The maximum absolute atomic E-state index is 11.0. The number of hydrogen-bond donors (Lipinski definition) is 2. The molecule has 4 nitrogen and oxygen atoms in total. The minimum atomic E-state index is -0.224. The standard InChI is InChI=1S/C7H14N2O2S/c1-2-3-4-6(10)12-7(11)5-9-8/h9H,2-5,8H2,1H3. The van der Waals surface area contributed by atoms with Gasteiger partial charge in [0.2, 0.25) is 5.12 Å². The average molecular weight is 190 g/mol. The van der Waals surface area contributed by atoms with Gasteiger partial charge >= 0.3 is 0 Å². The molecule has 12 heavy (non-hydrogen) atoms. The first-order chi connectivity index (χ1) is 5.70. The Kier molecular flexibility index (Phi) is 7.03. The van der Waals surface area contributed by atoms with E-state index in [4.69, 9.17) is 5.84 Å². The third kappa shape index (κ3) is 6.33. The third-order valence-electron chi connectivity index (χ3n) is 1.21. The van der Waals surface area contributed by atoms with Crippen molar-refractivity contribution in [2.45, 2.75) is 26.2 Å². The Bertz CT molecular complexity index is 161. The van der Waals surface area contributed by atoms with E-state index in [0.29, 0.717) is 6.42 Å². The maximum atomic E-state index is 11.0. The van der Waals surface area contributed by atoms with Gasteiger partial charge < -0.3 is 0 Å². The molecule has 0 amide bonds. The fourth-order valence-corrected chi connectivity index (χ4v) is 1.27. The third-order valence-corrected chi connectivity index (χ3v) is 2.01. The summed E-state index contributed by atoms with van der Waals surface area (Å²) in [4.78, 5) is 21.8. The summed E-state index contributed by atoms with van der Waals surface area (Å²) in [6, 6.07) is 0. The Balaban J connectivity index is 3.47. The number of hydrazine groups is 1. The Morgan fingerprint density at radius 1 is 1.42 bits per heavy atom. The highest BCUT2D eigenvalue weighted by Gasteiger charge is 2.08. The van der Waals surface area contributed by atoms with Crippen molar-refractivity contribution in [1.82, 2.24) is 5.43 Å². The predicted molar refractivity (Wildman–Crippen MR) is 49.3 cm³/mol.